The molecule has 0 saturated heterocycles. The SMILES string of the molecule is CC(C)(C)C(=O)Nc1cc(N2C(=O)c3ccc(C(=O)O)c4c(-c5ccc(/C=C/C(=O)O)cc5)ccc(c34)C2=O)cc(N2C(=O)c3ccc(C(=O)O)c4c(-c5ccc(/C=C/C(=O)O)cc5)ccc(c34)C2=O)c1. The summed E-state index contributed by atoms with van der Waals surface area (Å²) < 4.78 is 0. The summed E-state index contributed by atoms with van der Waals surface area (Å²) in [5.41, 5.74) is 0.833. The molecule has 16 nitrogen and oxygen atoms in total. The number of hydrogen-bond acceptors (Lipinski definition) is 9. The molecule has 16 heteroatoms. The van der Waals surface area contributed by atoms with Gasteiger partial charge in [-0.05, 0) is 100 Å². The second-order valence-corrected chi connectivity index (χ2v) is 17.7. The van der Waals surface area contributed by atoms with E-state index in [0.29, 0.717) is 33.4 Å². The molecule has 71 heavy (non-hydrogen) atoms. The minimum absolute atomic E-state index is 0.0121. The number of hydrogen-bond donors (Lipinski definition) is 5. The van der Waals surface area contributed by atoms with E-state index in [1.54, 1.807) is 69.3 Å². The van der Waals surface area contributed by atoms with E-state index in [0.717, 1.165) is 22.0 Å². The standard InChI is InChI=1S/C55H37N3O13/c1-55(2,3)54(71)56-31-24-32(57-48(63)36-16-14-34(29-10-4-27(5-11-29)8-22-42(59)60)44-40(52(67)68)20-18-38(46(36)44)50(57)65)26-33(25-31)58-49(64)37-17-15-35(30-12-6-28(7-13-30)9-23-43(61)62)45-41(53(69)70)21-19-39(47(37)45)51(58)66/h4-26H,1-3H3,(H,56,71)(H,59,60)(H,61,62)(H,67,68)(H,69,70)/b22-8+,23-9+. The number of aromatic carboxylic acids is 2. The van der Waals surface area contributed by atoms with Crippen molar-refractivity contribution in [3.63, 3.8) is 0 Å². The van der Waals surface area contributed by atoms with E-state index >= 15 is 0 Å². The van der Waals surface area contributed by atoms with Crippen LogP contribution in [0.3, 0.4) is 0 Å². The predicted octanol–water partition coefficient (Wildman–Crippen LogP) is 9.50. The summed E-state index contributed by atoms with van der Waals surface area (Å²) in [4.78, 5) is 122. The Kier molecular flexibility index (Phi) is 11.3. The quantitative estimate of drug-likeness (QED) is 0.0599. The van der Waals surface area contributed by atoms with Gasteiger partial charge in [-0.3, -0.25) is 24.0 Å². The van der Waals surface area contributed by atoms with Crippen molar-refractivity contribution in [2.24, 2.45) is 5.41 Å². The number of nitrogens with one attached hydrogen (secondary N) is 1. The van der Waals surface area contributed by atoms with Crippen LogP contribution in [0, 0.1) is 5.41 Å². The van der Waals surface area contributed by atoms with Gasteiger partial charge in [-0.1, -0.05) is 81.4 Å². The Bertz CT molecular complexity index is 3390. The summed E-state index contributed by atoms with van der Waals surface area (Å²) in [5, 5.41) is 41.9. The first-order valence-corrected chi connectivity index (χ1v) is 21.7. The Morgan fingerprint density at radius 3 is 1.11 bits per heavy atom. The van der Waals surface area contributed by atoms with E-state index in [1.165, 1.54) is 78.9 Å². The number of rotatable bonds is 11. The smallest absolute Gasteiger partial charge is 0.336 e. The Labute approximate surface area is 402 Å². The first kappa shape index (κ1) is 46.3. The Balaban J connectivity index is 1.17. The second-order valence-electron chi connectivity index (χ2n) is 17.7. The zero-order valence-electron chi connectivity index (χ0n) is 37.6. The van der Waals surface area contributed by atoms with Gasteiger partial charge >= 0.3 is 23.9 Å². The highest BCUT2D eigenvalue weighted by molar-refractivity contribution is 6.40. The third kappa shape index (κ3) is 8.14. The molecule has 5 N–H and O–H groups in total. The van der Waals surface area contributed by atoms with Crippen molar-refractivity contribution in [1.29, 1.82) is 0 Å². The molecular formula is C55H37N3O13. The van der Waals surface area contributed by atoms with E-state index in [-0.39, 0.29) is 72.0 Å². The van der Waals surface area contributed by atoms with Gasteiger partial charge in [0.05, 0.1) is 22.5 Å². The molecule has 2 aliphatic rings. The van der Waals surface area contributed by atoms with Crippen LogP contribution in [0.4, 0.5) is 17.1 Å². The second kappa shape index (κ2) is 17.4. The number of anilines is 3. The highest BCUT2D eigenvalue weighted by atomic mass is 16.4. The molecule has 7 aromatic rings. The minimum atomic E-state index is -1.34. The molecule has 0 saturated carbocycles. The third-order valence-electron chi connectivity index (χ3n) is 12.2. The van der Waals surface area contributed by atoms with E-state index in [2.05, 4.69) is 5.32 Å². The highest BCUT2D eigenvalue weighted by Gasteiger charge is 2.40. The summed E-state index contributed by atoms with van der Waals surface area (Å²) in [7, 11) is 0. The van der Waals surface area contributed by atoms with Crippen molar-refractivity contribution in [3.8, 4) is 22.3 Å². The lowest BCUT2D eigenvalue weighted by molar-refractivity contribution is -0.132. The molecule has 2 heterocycles. The minimum Gasteiger partial charge on any atom is -0.478 e. The number of carbonyl (C=O) groups excluding carboxylic acids is 5. The molecule has 0 radical (unpaired) electrons. The number of imide groups is 2. The van der Waals surface area contributed by atoms with Crippen molar-refractivity contribution in [2.75, 3.05) is 15.1 Å². The van der Waals surface area contributed by atoms with Gasteiger partial charge in [-0.15, -0.1) is 0 Å². The van der Waals surface area contributed by atoms with Crippen LogP contribution in [0.25, 0.3) is 56.0 Å². The largest absolute Gasteiger partial charge is 0.478 e. The number of amides is 5. The molecule has 0 bridgehead atoms. The van der Waals surface area contributed by atoms with Gasteiger partial charge in [0, 0.05) is 67.1 Å². The zero-order valence-corrected chi connectivity index (χ0v) is 37.6. The molecule has 0 aromatic heterocycles. The summed E-state index contributed by atoms with van der Waals surface area (Å²) in [6.07, 6.45) is 4.69. The number of aliphatic carboxylic acids is 2. The molecule has 0 unspecified atom stereocenters. The van der Waals surface area contributed by atoms with E-state index in [4.69, 9.17) is 10.2 Å². The van der Waals surface area contributed by atoms with Crippen molar-refractivity contribution in [1.82, 2.24) is 0 Å². The molecule has 0 atom stereocenters. The average molecular weight is 948 g/mol. The molecule has 0 fully saturated rings. The van der Waals surface area contributed by atoms with E-state index < -0.39 is 58.8 Å². The molecule has 350 valence electrons. The van der Waals surface area contributed by atoms with Gasteiger partial charge in [-0.25, -0.2) is 29.0 Å². The van der Waals surface area contributed by atoms with E-state index in [1.807, 2.05) is 0 Å². The Morgan fingerprint density at radius 1 is 0.451 bits per heavy atom. The summed E-state index contributed by atoms with van der Waals surface area (Å²) in [5.74, 6) is -9.06. The maximum absolute atomic E-state index is 14.8. The van der Waals surface area contributed by atoms with Gasteiger partial charge in [0.15, 0.2) is 0 Å². The van der Waals surface area contributed by atoms with Crippen LogP contribution in [0.15, 0.2) is 127 Å². The fourth-order valence-corrected chi connectivity index (χ4v) is 8.80. The van der Waals surface area contributed by atoms with Crippen LogP contribution >= 0.6 is 0 Å². The number of carbonyl (C=O) groups is 9. The van der Waals surface area contributed by atoms with Gasteiger partial charge < -0.3 is 25.7 Å². The maximum atomic E-state index is 14.8. The summed E-state index contributed by atoms with van der Waals surface area (Å²) in [6.45, 7) is 4.94. The van der Waals surface area contributed by atoms with Crippen LogP contribution < -0.4 is 15.1 Å². The first-order valence-electron chi connectivity index (χ1n) is 21.7. The Morgan fingerprint density at radius 2 is 0.789 bits per heavy atom. The number of nitrogens with zero attached hydrogens (tertiary/aromatic N) is 2. The van der Waals surface area contributed by atoms with Crippen molar-refractivity contribution in [2.45, 2.75) is 20.8 Å². The molecule has 2 aliphatic heterocycles. The third-order valence-corrected chi connectivity index (χ3v) is 12.2. The van der Waals surface area contributed by atoms with E-state index in [9.17, 15) is 53.4 Å². The van der Waals surface area contributed by atoms with Crippen LogP contribution in [0.5, 0.6) is 0 Å². The van der Waals surface area contributed by atoms with Crippen molar-refractivity contribution < 1.29 is 63.6 Å². The normalized spacial score (nSPS) is 13.5. The lowest BCUT2D eigenvalue weighted by Gasteiger charge is -2.31. The molecule has 0 aliphatic carbocycles. The average Bonchev–Trinajstić information content (AvgIpc) is 3.33. The molecule has 9 rings (SSSR count). The maximum Gasteiger partial charge on any atom is 0.336 e. The molecule has 5 amide bonds. The predicted molar refractivity (Wildman–Crippen MR) is 263 cm³/mol. The van der Waals surface area contributed by atoms with Gasteiger partial charge in [0.2, 0.25) is 5.91 Å². The number of carboxylic acid groups (broad SMARTS) is 4. The van der Waals surface area contributed by atoms with Crippen molar-refractivity contribution in [3.05, 3.63) is 172 Å². The zero-order chi connectivity index (χ0) is 50.8. The fraction of sp³-hybridized carbons (Fsp3) is 0.0727. The van der Waals surface area contributed by atoms with Gasteiger partial charge in [0.25, 0.3) is 23.6 Å². The van der Waals surface area contributed by atoms with Crippen LogP contribution in [0.2, 0.25) is 0 Å². The van der Waals surface area contributed by atoms with Gasteiger partial charge in [0.1, 0.15) is 0 Å². The summed E-state index contributed by atoms with van der Waals surface area (Å²) >= 11 is 0. The monoisotopic (exact) mass is 947 g/mol. The molecule has 0 spiro atoms. The van der Waals surface area contributed by atoms with Crippen LogP contribution in [-0.4, -0.2) is 73.8 Å². The van der Waals surface area contributed by atoms with Crippen LogP contribution in [-0.2, 0) is 14.4 Å². The van der Waals surface area contributed by atoms with Gasteiger partial charge in [-0.2, -0.15) is 0 Å². The van der Waals surface area contributed by atoms with Crippen LogP contribution in [0.1, 0.15) is 94.0 Å². The fourth-order valence-electron chi connectivity index (χ4n) is 8.80. The lowest BCUT2D eigenvalue weighted by atomic mass is 9.86. The Hall–Kier alpha value is -9.83. The summed E-state index contributed by atoms with van der Waals surface area (Å²) in [6, 6.07) is 28.0. The number of carboxylic acids is 4. The number of benzene rings is 7. The topological polar surface area (TPSA) is 253 Å². The lowest BCUT2D eigenvalue weighted by Crippen LogP contribution is -2.42. The molecular weight excluding hydrogens is 911 g/mol. The molecule has 7 aromatic carbocycles. The highest BCUT2D eigenvalue weighted by Crippen LogP contribution is 2.44. The van der Waals surface area contributed by atoms with Crippen molar-refractivity contribution >= 4 is 104 Å². The first-order chi connectivity index (χ1) is 33.7.